The molecule has 0 amide bonds. The number of rotatable bonds is 10. The Morgan fingerprint density at radius 1 is 1.08 bits per heavy atom. The van der Waals surface area contributed by atoms with E-state index in [0.29, 0.717) is 35.1 Å². The summed E-state index contributed by atoms with van der Waals surface area (Å²) in [5, 5.41) is 12.7. The fourth-order valence-electron chi connectivity index (χ4n) is 7.17. The first kappa shape index (κ1) is 32.6. The molecule has 0 saturated heterocycles. The number of allylic oxidation sites excluding steroid dienone is 1. The highest BCUT2D eigenvalue weighted by Gasteiger charge is 2.45. The van der Waals surface area contributed by atoms with Gasteiger partial charge in [-0.25, -0.2) is 0 Å². The zero-order chi connectivity index (χ0) is 28.5. The third-order valence-corrected chi connectivity index (χ3v) is 21.7. The van der Waals surface area contributed by atoms with E-state index >= 15 is 0 Å². The van der Waals surface area contributed by atoms with Gasteiger partial charge in [-0.2, -0.15) is 0 Å². The molecule has 214 valence electrons. The smallest absolute Gasteiger partial charge is 0.200 e. The van der Waals surface area contributed by atoms with Crippen LogP contribution in [0.15, 0.2) is 22.1 Å². The summed E-state index contributed by atoms with van der Waals surface area (Å²) >= 11 is 0. The molecule has 1 fully saturated rings. The Morgan fingerprint density at radius 3 is 2.11 bits per heavy atom. The summed E-state index contributed by atoms with van der Waals surface area (Å²) in [5.41, 5.74) is 4.42. The molecule has 0 bridgehead atoms. The maximum atomic E-state index is 11.3. The van der Waals surface area contributed by atoms with E-state index in [1.54, 1.807) is 0 Å². The second kappa shape index (κ2) is 12.3. The van der Waals surface area contributed by atoms with Crippen molar-refractivity contribution in [2.75, 3.05) is 6.61 Å². The molecule has 1 aromatic rings. The second-order valence-corrected chi connectivity index (χ2v) is 25.5. The van der Waals surface area contributed by atoms with Crippen LogP contribution in [0, 0.1) is 24.7 Å². The molecule has 0 aliphatic heterocycles. The fourth-order valence-corrected chi connectivity index (χ4v) is 14.7. The van der Waals surface area contributed by atoms with Crippen molar-refractivity contribution in [2.24, 2.45) is 17.8 Å². The van der Waals surface area contributed by atoms with Gasteiger partial charge in [-0.15, -0.1) is 0 Å². The third kappa shape index (κ3) is 6.94. The predicted octanol–water partition coefficient (Wildman–Crippen LogP) is 9.01. The Morgan fingerprint density at radius 2 is 1.62 bits per heavy atom. The van der Waals surface area contributed by atoms with Crippen molar-refractivity contribution in [1.82, 2.24) is 0 Å². The number of aliphatic hydroxyl groups is 1. The van der Waals surface area contributed by atoms with Crippen molar-refractivity contribution in [1.29, 1.82) is 0 Å². The van der Waals surface area contributed by atoms with E-state index in [9.17, 15) is 5.11 Å². The summed E-state index contributed by atoms with van der Waals surface area (Å²) in [7, 11) is -3.65. The Bertz CT molecular complexity index is 882. The average Bonchev–Trinajstić information content (AvgIpc) is 3.11. The van der Waals surface area contributed by atoms with Gasteiger partial charge in [0.1, 0.15) is 13.8 Å². The van der Waals surface area contributed by atoms with E-state index in [1.807, 2.05) is 0 Å². The van der Waals surface area contributed by atoms with Gasteiger partial charge in [-0.1, -0.05) is 94.0 Å². The van der Waals surface area contributed by atoms with Gasteiger partial charge in [-0.05, 0) is 77.7 Å². The summed E-state index contributed by atoms with van der Waals surface area (Å²) < 4.78 is 13.5. The van der Waals surface area contributed by atoms with Crippen molar-refractivity contribution in [3.8, 4) is 0 Å². The van der Waals surface area contributed by atoms with Crippen LogP contribution in [0.4, 0.5) is 0 Å². The first-order valence-corrected chi connectivity index (χ1v) is 20.1. The lowest BCUT2D eigenvalue weighted by Crippen LogP contribution is -2.49. The van der Waals surface area contributed by atoms with Gasteiger partial charge in [0.15, 0.2) is 0 Å². The second-order valence-electron chi connectivity index (χ2n) is 14.8. The van der Waals surface area contributed by atoms with E-state index in [1.165, 1.54) is 16.5 Å². The third-order valence-electron chi connectivity index (χ3n) is 10.2. The van der Waals surface area contributed by atoms with E-state index in [2.05, 4.69) is 108 Å². The lowest BCUT2D eigenvalue weighted by atomic mass is 9.68. The van der Waals surface area contributed by atoms with Crippen LogP contribution in [-0.2, 0) is 10.8 Å². The highest BCUT2D eigenvalue weighted by atomic mass is 28.4. The Labute approximate surface area is 232 Å². The van der Waals surface area contributed by atoms with Crippen molar-refractivity contribution >= 4 is 21.8 Å². The van der Waals surface area contributed by atoms with Gasteiger partial charge in [-0.3, -0.25) is 0 Å². The van der Waals surface area contributed by atoms with Crippen LogP contribution in [0.2, 0.25) is 34.8 Å². The lowest BCUT2D eigenvalue weighted by molar-refractivity contribution is 0.0195. The van der Waals surface area contributed by atoms with E-state index in [-0.39, 0.29) is 17.1 Å². The topological polar surface area (TPSA) is 42.6 Å². The molecule has 4 atom stereocenters. The SMILES string of the molecule is C/C(=C\CO[Si](C(C)C)(C(C)C)C(C)C)[C@@H]1C[C@@H](C)C[C@@H](O)[C@H]1Cc1cc(C)c([Si](C)(C)C(C)(C)C)o1. The van der Waals surface area contributed by atoms with Gasteiger partial charge < -0.3 is 13.9 Å². The van der Waals surface area contributed by atoms with E-state index < -0.39 is 16.4 Å². The van der Waals surface area contributed by atoms with E-state index in [0.717, 1.165) is 25.0 Å². The summed E-state index contributed by atoms with van der Waals surface area (Å²) in [6.45, 7) is 33.4. The maximum Gasteiger partial charge on any atom is 0.200 e. The molecule has 5 heteroatoms. The van der Waals surface area contributed by atoms with Gasteiger partial charge in [0.2, 0.25) is 8.32 Å². The summed E-state index contributed by atoms with van der Waals surface area (Å²) in [5.74, 6) is 2.12. The molecular weight excluding hydrogens is 489 g/mol. The first-order chi connectivity index (χ1) is 16.9. The molecule has 37 heavy (non-hydrogen) atoms. The normalized spacial score (nSPS) is 24.5. The van der Waals surface area contributed by atoms with Crippen molar-refractivity contribution in [2.45, 2.75) is 143 Å². The minimum absolute atomic E-state index is 0.188. The van der Waals surface area contributed by atoms with Crippen LogP contribution < -0.4 is 5.38 Å². The van der Waals surface area contributed by atoms with Gasteiger partial charge >= 0.3 is 0 Å². The molecule has 0 spiro atoms. The predicted molar refractivity (Wildman–Crippen MR) is 166 cm³/mol. The van der Waals surface area contributed by atoms with Crippen LogP contribution in [0.5, 0.6) is 0 Å². The molecule has 1 aliphatic rings. The minimum atomic E-state index is -1.89. The van der Waals surface area contributed by atoms with Crippen molar-refractivity contribution in [3.63, 3.8) is 0 Å². The molecule has 2 rings (SSSR count). The quantitative estimate of drug-likeness (QED) is 0.234. The summed E-state index contributed by atoms with van der Waals surface area (Å²) in [4.78, 5) is 0. The number of aliphatic hydroxyl groups excluding tert-OH is 1. The zero-order valence-electron chi connectivity index (χ0n) is 26.8. The van der Waals surface area contributed by atoms with E-state index in [4.69, 9.17) is 8.84 Å². The van der Waals surface area contributed by atoms with Crippen molar-refractivity contribution in [3.05, 3.63) is 29.0 Å². The average molecular weight is 549 g/mol. The maximum absolute atomic E-state index is 11.3. The minimum Gasteiger partial charge on any atom is -0.471 e. The zero-order valence-corrected chi connectivity index (χ0v) is 28.8. The van der Waals surface area contributed by atoms with Gasteiger partial charge in [0, 0.05) is 6.42 Å². The molecule has 1 saturated carbocycles. The molecule has 0 radical (unpaired) electrons. The Hall–Kier alpha value is -0.626. The molecular formula is C32H60O3Si2. The highest BCUT2D eigenvalue weighted by Crippen LogP contribution is 2.43. The number of hydrogen-bond donors (Lipinski definition) is 1. The Kier molecular flexibility index (Phi) is 10.8. The van der Waals surface area contributed by atoms with Gasteiger partial charge in [0.05, 0.1) is 18.1 Å². The van der Waals surface area contributed by atoms with Crippen LogP contribution in [0.1, 0.15) is 100 Å². The molecule has 1 aromatic heterocycles. The fraction of sp³-hybridized carbons (Fsp3) is 0.812. The number of aryl methyl sites for hydroxylation is 1. The van der Waals surface area contributed by atoms with Crippen LogP contribution in [-0.4, -0.2) is 34.2 Å². The standard InChI is InChI=1S/C32H60O3Si2/c1-21(2)37(22(3)4,23(5)6)34-16-15-25(8)28-17-24(7)18-30(33)29(28)20-27-19-26(9)31(35-27)36(13,14)32(10,11)12/h15,19,21-24,28-30,33H,16-18,20H2,1-14H3/b25-15+/t24-,28+,29+,30-/m1/s1. The monoisotopic (exact) mass is 548 g/mol. The Balaban J connectivity index is 2.30. The number of hydrogen-bond acceptors (Lipinski definition) is 3. The van der Waals surface area contributed by atoms with Gasteiger partial charge in [0.25, 0.3) is 0 Å². The molecule has 0 unspecified atom stereocenters. The summed E-state index contributed by atoms with van der Waals surface area (Å²) in [6, 6.07) is 2.26. The largest absolute Gasteiger partial charge is 0.471 e. The molecule has 3 nitrogen and oxygen atoms in total. The lowest BCUT2D eigenvalue weighted by Gasteiger charge is -2.42. The van der Waals surface area contributed by atoms with Crippen molar-refractivity contribution < 1.29 is 13.9 Å². The molecule has 1 aliphatic carbocycles. The molecule has 0 aromatic carbocycles. The molecule has 1 N–H and O–H groups in total. The first-order valence-electron chi connectivity index (χ1n) is 14.9. The number of furan rings is 1. The van der Waals surface area contributed by atoms with Crippen LogP contribution in [0.3, 0.4) is 0 Å². The van der Waals surface area contributed by atoms with Crippen LogP contribution >= 0.6 is 0 Å². The highest BCUT2D eigenvalue weighted by molar-refractivity contribution is 6.91. The molecule has 1 heterocycles. The van der Waals surface area contributed by atoms with Crippen LogP contribution in [0.25, 0.3) is 0 Å². The summed E-state index contributed by atoms with van der Waals surface area (Å²) in [6.07, 6.45) is 4.85.